The average molecular weight is 206 g/mol. The number of carbonyl (C=O) groups is 1. The standard InChI is InChI=1S/C6H10N2O2S2/c1-4(5(9)10)8-2-7-6(11)12-3-8/h4H,2-3H2,1H3,(H,7,11)(H,9,10). The van der Waals surface area contributed by atoms with Crippen molar-refractivity contribution in [1.82, 2.24) is 10.2 Å². The van der Waals surface area contributed by atoms with E-state index in [-0.39, 0.29) is 0 Å². The molecule has 1 heterocycles. The number of rotatable bonds is 2. The number of aliphatic carboxylic acids is 1. The predicted octanol–water partition coefficient (Wildman–Crippen LogP) is 0.298. The summed E-state index contributed by atoms with van der Waals surface area (Å²) < 4.78 is 0.740. The molecule has 1 atom stereocenters. The average Bonchev–Trinajstić information content (AvgIpc) is 2.04. The van der Waals surface area contributed by atoms with Gasteiger partial charge in [0, 0.05) is 0 Å². The first-order valence-electron chi connectivity index (χ1n) is 3.48. The highest BCUT2D eigenvalue weighted by Gasteiger charge is 2.23. The first-order valence-corrected chi connectivity index (χ1v) is 4.88. The highest BCUT2D eigenvalue weighted by molar-refractivity contribution is 8.22. The van der Waals surface area contributed by atoms with Gasteiger partial charge in [-0.05, 0) is 6.92 Å². The van der Waals surface area contributed by atoms with Crippen LogP contribution in [-0.2, 0) is 4.79 Å². The van der Waals surface area contributed by atoms with Crippen LogP contribution in [-0.4, -0.2) is 38.9 Å². The molecule has 1 unspecified atom stereocenters. The molecule has 6 heteroatoms. The van der Waals surface area contributed by atoms with Crippen molar-refractivity contribution < 1.29 is 9.90 Å². The van der Waals surface area contributed by atoms with Gasteiger partial charge in [-0.3, -0.25) is 9.69 Å². The van der Waals surface area contributed by atoms with E-state index in [2.05, 4.69) is 5.32 Å². The topological polar surface area (TPSA) is 52.6 Å². The fourth-order valence-corrected chi connectivity index (χ4v) is 1.80. The minimum Gasteiger partial charge on any atom is -0.480 e. The predicted molar refractivity (Wildman–Crippen MR) is 52.0 cm³/mol. The van der Waals surface area contributed by atoms with E-state index in [1.54, 1.807) is 6.92 Å². The quantitative estimate of drug-likeness (QED) is 0.634. The first kappa shape index (κ1) is 9.76. The van der Waals surface area contributed by atoms with E-state index in [4.69, 9.17) is 17.3 Å². The van der Waals surface area contributed by atoms with Crippen LogP contribution in [0, 0.1) is 0 Å². The molecule has 0 spiro atoms. The van der Waals surface area contributed by atoms with Gasteiger partial charge in [-0.2, -0.15) is 0 Å². The fraction of sp³-hybridized carbons (Fsp3) is 0.667. The second kappa shape index (κ2) is 4.06. The Hall–Kier alpha value is -0.330. The Morgan fingerprint density at radius 2 is 2.58 bits per heavy atom. The van der Waals surface area contributed by atoms with Crippen LogP contribution in [0.5, 0.6) is 0 Å². The van der Waals surface area contributed by atoms with Crippen molar-refractivity contribution in [3.05, 3.63) is 0 Å². The Bertz CT molecular complexity index is 200. The number of carboxylic acid groups (broad SMARTS) is 1. The third-order valence-electron chi connectivity index (χ3n) is 1.69. The van der Waals surface area contributed by atoms with Crippen LogP contribution in [0.15, 0.2) is 0 Å². The molecule has 0 bridgehead atoms. The molecular weight excluding hydrogens is 196 g/mol. The zero-order valence-corrected chi connectivity index (χ0v) is 8.24. The van der Waals surface area contributed by atoms with Gasteiger partial charge < -0.3 is 10.4 Å². The number of hydrogen-bond acceptors (Lipinski definition) is 4. The SMILES string of the molecule is CC(C(=O)O)N1CNC(=S)SC1. The second-order valence-electron chi connectivity index (χ2n) is 2.50. The van der Waals surface area contributed by atoms with Crippen LogP contribution in [0.2, 0.25) is 0 Å². The van der Waals surface area contributed by atoms with Crippen LogP contribution < -0.4 is 5.32 Å². The van der Waals surface area contributed by atoms with Gasteiger partial charge >= 0.3 is 5.97 Å². The molecule has 2 N–H and O–H groups in total. The Morgan fingerprint density at radius 1 is 1.92 bits per heavy atom. The summed E-state index contributed by atoms with van der Waals surface area (Å²) in [6.07, 6.45) is 0. The molecule has 1 aliphatic rings. The highest BCUT2D eigenvalue weighted by Crippen LogP contribution is 2.12. The number of thiocarbonyl (C=S) groups is 1. The van der Waals surface area contributed by atoms with Crippen molar-refractivity contribution in [1.29, 1.82) is 0 Å². The van der Waals surface area contributed by atoms with Crippen molar-refractivity contribution >= 4 is 34.3 Å². The summed E-state index contributed by atoms with van der Waals surface area (Å²) in [7, 11) is 0. The Balaban J connectivity index is 2.44. The molecule has 0 saturated carbocycles. The molecular formula is C6H10N2O2S2. The van der Waals surface area contributed by atoms with Crippen LogP contribution in [0.25, 0.3) is 0 Å². The summed E-state index contributed by atoms with van der Waals surface area (Å²) in [6, 6.07) is -0.451. The molecule has 0 aliphatic carbocycles. The third kappa shape index (κ3) is 2.33. The van der Waals surface area contributed by atoms with Gasteiger partial charge in [0.25, 0.3) is 0 Å². The fourth-order valence-electron chi connectivity index (χ4n) is 0.809. The maximum absolute atomic E-state index is 10.6. The molecule has 1 saturated heterocycles. The Kier molecular flexibility index (Phi) is 3.30. The van der Waals surface area contributed by atoms with E-state index in [0.717, 1.165) is 4.32 Å². The lowest BCUT2D eigenvalue weighted by molar-refractivity contribution is -0.142. The van der Waals surface area contributed by atoms with Crippen LogP contribution in [0.4, 0.5) is 0 Å². The monoisotopic (exact) mass is 206 g/mol. The number of carboxylic acids is 1. The van der Waals surface area contributed by atoms with Gasteiger partial charge in [-0.25, -0.2) is 0 Å². The van der Waals surface area contributed by atoms with Crippen molar-refractivity contribution in [2.75, 3.05) is 12.5 Å². The van der Waals surface area contributed by atoms with E-state index in [1.165, 1.54) is 11.8 Å². The Morgan fingerprint density at radius 3 is 3.00 bits per heavy atom. The van der Waals surface area contributed by atoms with E-state index in [0.29, 0.717) is 12.5 Å². The molecule has 0 aromatic carbocycles. The molecule has 0 aromatic rings. The maximum atomic E-state index is 10.6. The molecule has 0 amide bonds. The summed E-state index contributed by atoms with van der Waals surface area (Å²) in [5, 5.41) is 11.6. The van der Waals surface area contributed by atoms with Gasteiger partial charge in [0.1, 0.15) is 10.4 Å². The van der Waals surface area contributed by atoms with Crippen molar-refractivity contribution in [2.45, 2.75) is 13.0 Å². The summed E-state index contributed by atoms with van der Waals surface area (Å²) in [5.41, 5.74) is 0. The van der Waals surface area contributed by atoms with E-state index in [9.17, 15) is 4.79 Å². The second-order valence-corrected chi connectivity index (χ2v) is 4.12. The maximum Gasteiger partial charge on any atom is 0.320 e. The molecule has 68 valence electrons. The van der Waals surface area contributed by atoms with Crippen molar-refractivity contribution in [2.24, 2.45) is 0 Å². The summed E-state index contributed by atoms with van der Waals surface area (Å²) in [6.45, 7) is 2.19. The molecule has 1 rings (SSSR count). The zero-order chi connectivity index (χ0) is 9.14. The molecule has 0 radical (unpaired) electrons. The molecule has 4 nitrogen and oxygen atoms in total. The largest absolute Gasteiger partial charge is 0.480 e. The summed E-state index contributed by atoms with van der Waals surface area (Å²) in [4.78, 5) is 12.4. The van der Waals surface area contributed by atoms with Crippen LogP contribution in [0.3, 0.4) is 0 Å². The van der Waals surface area contributed by atoms with Crippen molar-refractivity contribution in [3.63, 3.8) is 0 Å². The zero-order valence-electron chi connectivity index (χ0n) is 6.61. The minimum atomic E-state index is -0.801. The minimum absolute atomic E-state index is 0.451. The number of nitrogens with one attached hydrogen (secondary N) is 1. The van der Waals surface area contributed by atoms with Gasteiger partial charge in [0.15, 0.2) is 0 Å². The van der Waals surface area contributed by atoms with E-state index in [1.807, 2.05) is 4.90 Å². The van der Waals surface area contributed by atoms with Gasteiger partial charge in [-0.1, -0.05) is 24.0 Å². The number of hydrogen-bond donors (Lipinski definition) is 2. The van der Waals surface area contributed by atoms with Crippen LogP contribution in [0.1, 0.15) is 6.92 Å². The third-order valence-corrected chi connectivity index (χ3v) is 3.06. The lowest BCUT2D eigenvalue weighted by Gasteiger charge is -2.30. The molecule has 1 fully saturated rings. The Labute approximate surface area is 80.3 Å². The van der Waals surface area contributed by atoms with E-state index >= 15 is 0 Å². The lowest BCUT2D eigenvalue weighted by Crippen LogP contribution is -2.48. The summed E-state index contributed by atoms with van der Waals surface area (Å²) in [5.74, 6) is -0.149. The molecule has 12 heavy (non-hydrogen) atoms. The van der Waals surface area contributed by atoms with Crippen molar-refractivity contribution in [3.8, 4) is 0 Å². The van der Waals surface area contributed by atoms with Crippen LogP contribution >= 0.6 is 24.0 Å². The van der Waals surface area contributed by atoms with E-state index < -0.39 is 12.0 Å². The van der Waals surface area contributed by atoms with Gasteiger partial charge in [0.2, 0.25) is 0 Å². The van der Waals surface area contributed by atoms with Gasteiger partial charge in [0.05, 0.1) is 12.5 Å². The first-order chi connectivity index (χ1) is 5.61. The smallest absolute Gasteiger partial charge is 0.320 e. The number of nitrogens with zero attached hydrogens (tertiary/aromatic N) is 1. The lowest BCUT2D eigenvalue weighted by atomic mass is 10.3. The molecule has 1 aliphatic heterocycles. The number of thioether (sulfide) groups is 1. The van der Waals surface area contributed by atoms with Gasteiger partial charge in [-0.15, -0.1) is 0 Å². The molecule has 0 aromatic heterocycles. The summed E-state index contributed by atoms with van der Waals surface area (Å²) >= 11 is 6.34. The highest BCUT2D eigenvalue weighted by atomic mass is 32.2. The normalized spacial score (nSPS) is 21.6.